The first kappa shape index (κ1) is 20.7. The Balaban J connectivity index is 1.67. The maximum absolute atomic E-state index is 6.28. The summed E-state index contributed by atoms with van der Waals surface area (Å²) >= 11 is 0. The van der Waals surface area contributed by atoms with E-state index in [9.17, 15) is 0 Å². The summed E-state index contributed by atoms with van der Waals surface area (Å²) in [7, 11) is 3.63. The van der Waals surface area contributed by atoms with Crippen LogP contribution in [0.5, 0.6) is 11.5 Å². The van der Waals surface area contributed by atoms with Crippen molar-refractivity contribution in [1.82, 2.24) is 20.3 Å². The van der Waals surface area contributed by atoms with Gasteiger partial charge < -0.3 is 19.8 Å². The Labute approximate surface area is 178 Å². The summed E-state index contributed by atoms with van der Waals surface area (Å²) in [6.45, 7) is 5.01. The van der Waals surface area contributed by atoms with Crippen LogP contribution in [-0.2, 0) is 13.0 Å². The van der Waals surface area contributed by atoms with Crippen molar-refractivity contribution < 1.29 is 9.47 Å². The van der Waals surface area contributed by atoms with Gasteiger partial charge in [0.1, 0.15) is 5.82 Å². The molecule has 4 rings (SSSR count). The van der Waals surface area contributed by atoms with Crippen molar-refractivity contribution in [2.45, 2.75) is 64.5 Å². The molecule has 0 unspecified atom stereocenters. The number of fused-ring (bicyclic) bond motifs is 1. The van der Waals surface area contributed by atoms with E-state index >= 15 is 0 Å². The van der Waals surface area contributed by atoms with Crippen LogP contribution in [-0.4, -0.2) is 35.2 Å². The zero-order valence-electron chi connectivity index (χ0n) is 18.4. The molecule has 0 radical (unpaired) electrons. The lowest BCUT2D eigenvalue weighted by atomic mass is 10.0. The highest BCUT2D eigenvalue weighted by atomic mass is 16.5. The number of ether oxygens (including phenoxy) is 2. The fraction of sp³-hybridized carbons (Fsp3) is 0.500. The van der Waals surface area contributed by atoms with Crippen molar-refractivity contribution >= 4 is 11.0 Å². The Bertz CT molecular complexity index is 1010. The summed E-state index contributed by atoms with van der Waals surface area (Å²) in [4.78, 5) is 13.1. The van der Waals surface area contributed by atoms with E-state index in [4.69, 9.17) is 19.4 Å². The molecule has 0 atom stereocenters. The molecule has 1 fully saturated rings. The number of H-pyrrole nitrogens is 1. The number of aromatic amines is 1. The van der Waals surface area contributed by atoms with Crippen LogP contribution in [0.3, 0.4) is 0 Å². The highest BCUT2D eigenvalue weighted by molar-refractivity contribution is 5.81. The summed E-state index contributed by atoms with van der Waals surface area (Å²) in [6.07, 6.45) is 7.73. The standard InChI is InChI=1S/C24H32N4O2/c1-15(2)24-27-22-17(13-26-19(14-25-3)23(22)28-24)11-16-9-10-20(29-4)21(12-16)30-18-7-5-6-8-18/h9-10,12-13,15,18,25H,5-8,11,14H2,1-4H3,(H,27,28). The lowest BCUT2D eigenvalue weighted by molar-refractivity contribution is 0.200. The van der Waals surface area contributed by atoms with Crippen LogP contribution in [0.25, 0.3) is 11.0 Å². The number of hydrogen-bond donors (Lipinski definition) is 2. The van der Waals surface area contributed by atoms with E-state index in [1.165, 1.54) is 18.4 Å². The number of nitrogens with zero attached hydrogens (tertiary/aromatic N) is 2. The van der Waals surface area contributed by atoms with Gasteiger partial charge in [-0.15, -0.1) is 0 Å². The molecule has 6 heteroatoms. The van der Waals surface area contributed by atoms with Gasteiger partial charge in [0.25, 0.3) is 0 Å². The molecule has 0 bridgehead atoms. The molecule has 0 amide bonds. The van der Waals surface area contributed by atoms with E-state index in [-0.39, 0.29) is 0 Å². The normalized spacial score (nSPS) is 14.7. The lowest BCUT2D eigenvalue weighted by Crippen LogP contribution is -2.12. The van der Waals surface area contributed by atoms with Gasteiger partial charge >= 0.3 is 0 Å². The molecular weight excluding hydrogens is 376 g/mol. The van der Waals surface area contributed by atoms with Gasteiger partial charge in [0.2, 0.25) is 0 Å². The quantitative estimate of drug-likeness (QED) is 0.564. The Morgan fingerprint density at radius 1 is 1.20 bits per heavy atom. The summed E-state index contributed by atoms with van der Waals surface area (Å²) in [6, 6.07) is 6.22. The van der Waals surface area contributed by atoms with Crippen molar-refractivity contribution in [3.63, 3.8) is 0 Å². The van der Waals surface area contributed by atoms with Crippen molar-refractivity contribution in [3.05, 3.63) is 47.0 Å². The summed E-state index contributed by atoms with van der Waals surface area (Å²) in [5.41, 5.74) is 5.32. The Hall–Kier alpha value is -2.60. The Kier molecular flexibility index (Phi) is 6.23. The summed E-state index contributed by atoms with van der Waals surface area (Å²) in [5.74, 6) is 2.96. The molecule has 160 valence electrons. The minimum Gasteiger partial charge on any atom is -0.493 e. The van der Waals surface area contributed by atoms with Crippen molar-refractivity contribution in [2.75, 3.05) is 14.2 Å². The molecule has 3 aromatic rings. The van der Waals surface area contributed by atoms with Crippen LogP contribution in [0.1, 0.15) is 68.1 Å². The molecule has 30 heavy (non-hydrogen) atoms. The van der Waals surface area contributed by atoms with E-state index in [2.05, 4.69) is 36.3 Å². The van der Waals surface area contributed by atoms with Gasteiger partial charge in [-0.05, 0) is 50.4 Å². The van der Waals surface area contributed by atoms with Crippen LogP contribution in [0, 0.1) is 0 Å². The van der Waals surface area contributed by atoms with E-state index in [1.54, 1.807) is 7.11 Å². The molecule has 2 aromatic heterocycles. The maximum Gasteiger partial charge on any atom is 0.161 e. The molecule has 2 heterocycles. The number of nitrogens with one attached hydrogen (secondary N) is 2. The highest BCUT2D eigenvalue weighted by Gasteiger charge is 2.19. The van der Waals surface area contributed by atoms with Crippen LogP contribution >= 0.6 is 0 Å². The minimum atomic E-state index is 0.295. The first-order valence-corrected chi connectivity index (χ1v) is 10.9. The van der Waals surface area contributed by atoms with Crippen molar-refractivity contribution in [1.29, 1.82) is 0 Å². The van der Waals surface area contributed by atoms with Gasteiger partial charge in [0.05, 0.1) is 29.9 Å². The van der Waals surface area contributed by atoms with E-state index < -0.39 is 0 Å². The third kappa shape index (κ3) is 4.29. The largest absolute Gasteiger partial charge is 0.493 e. The third-order valence-corrected chi connectivity index (χ3v) is 5.80. The van der Waals surface area contributed by atoms with Gasteiger partial charge in [0, 0.05) is 30.6 Å². The van der Waals surface area contributed by atoms with Gasteiger partial charge in [-0.3, -0.25) is 4.98 Å². The average molecular weight is 409 g/mol. The van der Waals surface area contributed by atoms with Gasteiger partial charge in [-0.2, -0.15) is 0 Å². The average Bonchev–Trinajstić information content (AvgIpc) is 3.40. The van der Waals surface area contributed by atoms with E-state index in [0.717, 1.165) is 58.9 Å². The lowest BCUT2D eigenvalue weighted by Gasteiger charge is -2.17. The number of rotatable bonds is 8. The Morgan fingerprint density at radius 3 is 2.70 bits per heavy atom. The third-order valence-electron chi connectivity index (χ3n) is 5.80. The number of benzene rings is 1. The van der Waals surface area contributed by atoms with Gasteiger partial charge in [-0.1, -0.05) is 19.9 Å². The van der Waals surface area contributed by atoms with Crippen LogP contribution in [0.2, 0.25) is 0 Å². The molecular formula is C24H32N4O2. The predicted molar refractivity (Wildman–Crippen MR) is 119 cm³/mol. The minimum absolute atomic E-state index is 0.295. The second-order valence-corrected chi connectivity index (χ2v) is 8.45. The summed E-state index contributed by atoms with van der Waals surface area (Å²) in [5, 5.41) is 3.20. The van der Waals surface area contributed by atoms with E-state index in [0.29, 0.717) is 18.6 Å². The molecule has 1 aliphatic rings. The smallest absolute Gasteiger partial charge is 0.161 e. The predicted octanol–water partition coefficient (Wildman–Crippen LogP) is 4.72. The topological polar surface area (TPSA) is 72.1 Å². The van der Waals surface area contributed by atoms with Crippen LogP contribution in [0.15, 0.2) is 24.4 Å². The number of pyridine rings is 1. The molecule has 1 aliphatic carbocycles. The molecule has 0 aliphatic heterocycles. The maximum atomic E-state index is 6.28. The van der Waals surface area contributed by atoms with Crippen molar-refractivity contribution in [2.24, 2.45) is 0 Å². The number of aromatic nitrogens is 3. The molecule has 0 spiro atoms. The highest BCUT2D eigenvalue weighted by Crippen LogP contribution is 2.33. The zero-order chi connectivity index (χ0) is 21.1. The fourth-order valence-electron chi connectivity index (χ4n) is 4.15. The number of methoxy groups -OCH3 is 1. The van der Waals surface area contributed by atoms with Gasteiger partial charge in [-0.25, -0.2) is 4.98 Å². The first-order valence-electron chi connectivity index (χ1n) is 10.9. The molecule has 1 saturated carbocycles. The monoisotopic (exact) mass is 408 g/mol. The second-order valence-electron chi connectivity index (χ2n) is 8.45. The van der Waals surface area contributed by atoms with Crippen LogP contribution < -0.4 is 14.8 Å². The second kappa shape index (κ2) is 9.04. The zero-order valence-corrected chi connectivity index (χ0v) is 18.4. The molecule has 6 nitrogen and oxygen atoms in total. The fourth-order valence-corrected chi connectivity index (χ4v) is 4.15. The first-order chi connectivity index (χ1) is 14.6. The Morgan fingerprint density at radius 2 is 2.00 bits per heavy atom. The molecule has 1 aromatic carbocycles. The SMILES string of the molecule is CNCc1ncc(Cc2ccc(OC)c(OC3CCCC3)c2)c2nc(C(C)C)[nH]c12. The number of imidazole rings is 1. The van der Waals surface area contributed by atoms with Gasteiger partial charge in [0.15, 0.2) is 11.5 Å². The number of hydrogen-bond acceptors (Lipinski definition) is 5. The molecule has 0 saturated heterocycles. The van der Waals surface area contributed by atoms with Crippen molar-refractivity contribution in [3.8, 4) is 11.5 Å². The molecule has 2 N–H and O–H groups in total. The summed E-state index contributed by atoms with van der Waals surface area (Å²) < 4.78 is 11.8. The van der Waals surface area contributed by atoms with E-state index in [1.807, 2.05) is 19.3 Å². The van der Waals surface area contributed by atoms with Crippen LogP contribution in [0.4, 0.5) is 0 Å².